The van der Waals surface area contributed by atoms with Crippen LogP contribution in [0.3, 0.4) is 0 Å². The van der Waals surface area contributed by atoms with Crippen LogP contribution in [0.5, 0.6) is 51.7 Å². The van der Waals surface area contributed by atoms with Crippen LogP contribution in [0.15, 0.2) is 36.4 Å². The minimum Gasteiger partial charge on any atom is -0.497 e. The summed E-state index contributed by atoms with van der Waals surface area (Å²) in [4.78, 5) is 0. The average Bonchev–Trinajstić information content (AvgIpc) is 2.97. The molecule has 3 aromatic carbocycles. The third-order valence-corrected chi connectivity index (χ3v) is 11.4. The molecule has 0 saturated heterocycles. The Morgan fingerprint density at radius 3 is 0.763 bits per heavy atom. The number of ether oxygens (including phenoxy) is 9. The van der Waals surface area contributed by atoms with Crippen LogP contribution in [0, 0.1) is 0 Å². The first-order valence-electron chi connectivity index (χ1n) is 11.4. The number of hydrogen-bond acceptors (Lipinski definition) is 9. The normalized spacial score (nSPS) is 10.9. The number of hydrogen-bond donors (Lipinski definition) is 0. The second-order valence-corrected chi connectivity index (χ2v) is 12.3. The first-order valence-corrected chi connectivity index (χ1v) is 14.4. The van der Waals surface area contributed by atoms with E-state index in [1.807, 2.05) is 0 Å². The highest BCUT2D eigenvalue weighted by atomic mass is 35.6. The quantitative estimate of drug-likeness (QED) is 0.187. The lowest BCUT2D eigenvalue weighted by Gasteiger charge is -2.34. The van der Waals surface area contributed by atoms with E-state index in [9.17, 15) is 0 Å². The van der Waals surface area contributed by atoms with E-state index < -0.39 is 7.38 Å². The molecule has 11 heteroatoms. The van der Waals surface area contributed by atoms with Crippen LogP contribution in [0.4, 0.5) is 0 Å². The highest BCUT2D eigenvalue weighted by molar-refractivity contribution is 7.42. The molecule has 0 atom stereocenters. The maximum Gasteiger partial charge on any atom is 0.271 e. The van der Waals surface area contributed by atoms with Crippen molar-refractivity contribution in [3.05, 3.63) is 36.4 Å². The monoisotopic (exact) mass is 564 g/mol. The fraction of sp³-hybridized carbons (Fsp3) is 0.333. The Labute approximate surface area is 228 Å². The van der Waals surface area contributed by atoms with Crippen molar-refractivity contribution in [2.45, 2.75) is 0 Å². The van der Waals surface area contributed by atoms with Gasteiger partial charge in [0.15, 0.2) is 34.5 Å². The Hall–Kier alpha value is -3.63. The summed E-state index contributed by atoms with van der Waals surface area (Å²) in [5.41, 5.74) is 0. The molecule has 0 fully saturated rings. The summed E-state index contributed by atoms with van der Waals surface area (Å²) in [5.74, 6) is 3.79. The van der Waals surface area contributed by atoms with Crippen LogP contribution in [0.25, 0.3) is 0 Å². The first kappa shape index (κ1) is 28.9. The van der Waals surface area contributed by atoms with Crippen molar-refractivity contribution in [1.29, 1.82) is 0 Å². The van der Waals surface area contributed by atoms with E-state index in [1.165, 1.54) is 21.3 Å². The molecule has 9 nitrogen and oxygen atoms in total. The van der Waals surface area contributed by atoms with Crippen molar-refractivity contribution < 1.29 is 42.6 Å². The standard InChI is InChI=1S/C27H33ClO9Si/c1-29-16-10-13-19(32-4)25(22(16)35-7)38(28,26-20(33-5)14-11-17(30-2)23(26)36-8)27-21(34-6)15-12-18(31-3)24(27)37-9/h10-15H,1-9H3. The van der Waals surface area contributed by atoms with Crippen molar-refractivity contribution in [2.24, 2.45) is 0 Å². The molecule has 0 aliphatic rings. The molecule has 0 aliphatic carbocycles. The Balaban J connectivity index is 2.77. The molecule has 0 heterocycles. The topological polar surface area (TPSA) is 83.1 Å². The minimum atomic E-state index is -3.93. The van der Waals surface area contributed by atoms with Crippen molar-refractivity contribution in [3.63, 3.8) is 0 Å². The van der Waals surface area contributed by atoms with Gasteiger partial charge in [0, 0.05) is 0 Å². The SMILES string of the molecule is COc1ccc(OC)c([Si](Cl)(c2c(OC)ccc(OC)c2OC)c2c(OC)ccc(OC)c2OC)c1OC. The summed E-state index contributed by atoms with van der Waals surface area (Å²) >= 11 is 8.10. The second kappa shape index (κ2) is 12.3. The lowest BCUT2D eigenvalue weighted by atomic mass is 10.2. The zero-order valence-electron chi connectivity index (χ0n) is 23.0. The zero-order valence-corrected chi connectivity index (χ0v) is 24.8. The summed E-state index contributed by atoms with van der Waals surface area (Å²) in [5, 5.41) is 1.54. The van der Waals surface area contributed by atoms with Crippen molar-refractivity contribution >= 4 is 34.0 Å². The Bertz CT molecular complexity index is 1130. The predicted octanol–water partition coefficient (Wildman–Crippen LogP) is 2.97. The van der Waals surface area contributed by atoms with Gasteiger partial charge in [-0.15, -0.1) is 11.1 Å². The molecule has 0 aliphatic heterocycles. The highest BCUT2D eigenvalue weighted by Gasteiger charge is 2.52. The van der Waals surface area contributed by atoms with Crippen LogP contribution in [0.1, 0.15) is 0 Å². The van der Waals surface area contributed by atoms with Gasteiger partial charge in [0.1, 0.15) is 17.2 Å². The van der Waals surface area contributed by atoms with Crippen LogP contribution in [-0.2, 0) is 0 Å². The van der Waals surface area contributed by atoms with Crippen molar-refractivity contribution in [1.82, 2.24) is 0 Å². The van der Waals surface area contributed by atoms with Gasteiger partial charge in [-0.25, -0.2) is 0 Å². The molecule has 0 amide bonds. The van der Waals surface area contributed by atoms with Crippen molar-refractivity contribution in [3.8, 4) is 51.7 Å². The molecule has 0 N–H and O–H groups in total. The number of methoxy groups -OCH3 is 9. The van der Waals surface area contributed by atoms with Gasteiger partial charge in [-0.1, -0.05) is 0 Å². The second-order valence-electron chi connectivity index (χ2n) is 7.79. The summed E-state index contributed by atoms with van der Waals surface area (Å²) in [6.07, 6.45) is 0. The van der Waals surface area contributed by atoms with Crippen LogP contribution in [-0.4, -0.2) is 71.4 Å². The summed E-state index contributed by atoms with van der Waals surface area (Å²) < 4.78 is 52.4. The fourth-order valence-electron chi connectivity index (χ4n) is 4.59. The maximum absolute atomic E-state index is 8.10. The molecule has 206 valence electrons. The van der Waals surface area contributed by atoms with Crippen molar-refractivity contribution in [2.75, 3.05) is 64.0 Å². The molecule has 0 radical (unpaired) electrons. The lowest BCUT2D eigenvalue weighted by molar-refractivity contribution is 0.350. The van der Waals surface area contributed by atoms with E-state index >= 15 is 0 Å². The van der Waals surface area contributed by atoms with Crippen LogP contribution in [0.2, 0.25) is 0 Å². The number of rotatable bonds is 12. The maximum atomic E-state index is 8.10. The Kier molecular flexibility index (Phi) is 9.34. The zero-order chi connectivity index (χ0) is 28.0. The molecule has 0 spiro atoms. The predicted molar refractivity (Wildman–Crippen MR) is 149 cm³/mol. The average molecular weight is 565 g/mol. The third-order valence-electron chi connectivity index (χ3n) is 6.22. The molecule has 3 aromatic rings. The van der Waals surface area contributed by atoms with Gasteiger partial charge in [0.2, 0.25) is 0 Å². The molecule has 0 aromatic heterocycles. The molecule has 0 bridgehead atoms. The van der Waals surface area contributed by atoms with E-state index in [2.05, 4.69) is 0 Å². The molecular formula is C27H33ClO9Si. The number of halogens is 1. The Morgan fingerprint density at radius 2 is 0.579 bits per heavy atom. The van der Waals surface area contributed by atoms with Gasteiger partial charge >= 0.3 is 0 Å². The van der Waals surface area contributed by atoms with E-state index in [1.54, 1.807) is 79.1 Å². The molecule has 3 rings (SSSR count). The van der Waals surface area contributed by atoms with E-state index in [0.29, 0.717) is 67.3 Å². The summed E-state index contributed by atoms with van der Waals surface area (Å²) in [7, 11) is 9.97. The molecule has 0 unspecified atom stereocenters. The first-order chi connectivity index (χ1) is 18.4. The van der Waals surface area contributed by atoms with E-state index in [0.717, 1.165) is 0 Å². The van der Waals surface area contributed by atoms with Gasteiger partial charge < -0.3 is 42.6 Å². The van der Waals surface area contributed by atoms with Gasteiger partial charge in [0.25, 0.3) is 7.38 Å². The van der Waals surface area contributed by atoms with E-state index in [4.69, 9.17) is 53.7 Å². The smallest absolute Gasteiger partial charge is 0.271 e. The highest BCUT2D eigenvalue weighted by Crippen LogP contribution is 2.42. The lowest BCUT2D eigenvalue weighted by Crippen LogP contribution is -2.64. The van der Waals surface area contributed by atoms with Crippen LogP contribution >= 0.6 is 11.1 Å². The molecular weight excluding hydrogens is 532 g/mol. The van der Waals surface area contributed by atoms with Gasteiger partial charge in [0.05, 0.1) is 79.5 Å². The minimum absolute atomic E-state index is 0.368. The number of benzene rings is 3. The van der Waals surface area contributed by atoms with Crippen LogP contribution < -0.4 is 58.2 Å². The third kappa shape index (κ3) is 4.58. The summed E-state index contributed by atoms with van der Waals surface area (Å²) in [6, 6.07) is 10.5. The summed E-state index contributed by atoms with van der Waals surface area (Å²) in [6.45, 7) is 0. The van der Waals surface area contributed by atoms with Gasteiger partial charge in [-0.05, 0) is 36.4 Å². The van der Waals surface area contributed by atoms with Gasteiger partial charge in [-0.3, -0.25) is 0 Å². The Morgan fingerprint density at radius 1 is 0.368 bits per heavy atom. The largest absolute Gasteiger partial charge is 0.497 e. The fourth-order valence-corrected chi connectivity index (χ4v) is 10.1. The van der Waals surface area contributed by atoms with Gasteiger partial charge in [-0.2, -0.15) is 0 Å². The molecule has 38 heavy (non-hydrogen) atoms. The molecule has 0 saturated carbocycles. The van der Waals surface area contributed by atoms with E-state index in [-0.39, 0.29) is 0 Å².